The molecule has 0 bridgehead atoms. The minimum absolute atomic E-state index is 0.144. The molecule has 1 aliphatic rings. The molecule has 5 nitrogen and oxygen atoms in total. The summed E-state index contributed by atoms with van der Waals surface area (Å²) in [6, 6.07) is 3.07. The summed E-state index contributed by atoms with van der Waals surface area (Å²) in [7, 11) is 1.52. The van der Waals surface area contributed by atoms with Crippen LogP contribution < -0.4 is 10.3 Å². The van der Waals surface area contributed by atoms with Gasteiger partial charge in [0, 0.05) is 12.3 Å². The van der Waals surface area contributed by atoms with E-state index in [1.807, 2.05) is 41.5 Å². The monoisotopic (exact) mass is 303 g/mol. The second-order valence-electron chi connectivity index (χ2n) is 2.82. The van der Waals surface area contributed by atoms with Crippen LogP contribution >= 0.6 is 0 Å². The van der Waals surface area contributed by atoms with Crippen LogP contribution in [0.1, 0.15) is 41.5 Å². The van der Waals surface area contributed by atoms with Gasteiger partial charge < -0.3 is 19.2 Å². The molecule has 0 atom stereocenters. The average molecular weight is 303 g/mol. The van der Waals surface area contributed by atoms with Crippen LogP contribution in [0.5, 0.6) is 5.75 Å². The highest BCUT2D eigenvalue weighted by molar-refractivity contribution is 5.16. The first-order valence-corrected chi connectivity index (χ1v) is 7.71. The predicted molar refractivity (Wildman–Crippen MR) is 89.3 cm³/mol. The quantitative estimate of drug-likeness (QED) is 0.862. The van der Waals surface area contributed by atoms with E-state index in [-0.39, 0.29) is 5.56 Å². The van der Waals surface area contributed by atoms with Crippen LogP contribution in [-0.2, 0) is 9.47 Å². The van der Waals surface area contributed by atoms with Gasteiger partial charge in [-0.05, 0) is 6.07 Å². The van der Waals surface area contributed by atoms with Gasteiger partial charge in [0.25, 0.3) is 5.56 Å². The molecule has 0 amide bonds. The number of aromatic nitrogens is 1. The number of hydrogen-bond acceptors (Lipinski definition) is 4. The summed E-state index contributed by atoms with van der Waals surface area (Å²) in [6.07, 6.45) is 1.54. The summed E-state index contributed by atoms with van der Waals surface area (Å²) in [6.45, 7) is 15.1. The van der Waals surface area contributed by atoms with Gasteiger partial charge in [-0.1, -0.05) is 41.5 Å². The van der Waals surface area contributed by atoms with Crippen LogP contribution in [0.3, 0.4) is 0 Å². The summed E-state index contributed by atoms with van der Waals surface area (Å²) in [5.41, 5.74) is -0.144. The minimum Gasteiger partial charge on any atom is -0.497 e. The molecule has 0 unspecified atom stereocenters. The van der Waals surface area contributed by atoms with E-state index in [9.17, 15) is 4.79 Å². The lowest BCUT2D eigenvalue weighted by Crippen LogP contribution is -2.16. The fourth-order valence-corrected chi connectivity index (χ4v) is 0.992. The number of ether oxygens (including phenoxy) is 3. The van der Waals surface area contributed by atoms with Gasteiger partial charge in [-0.15, -0.1) is 0 Å². The largest absolute Gasteiger partial charge is 0.497 e. The zero-order valence-corrected chi connectivity index (χ0v) is 14.7. The Bertz CT molecular complexity index is 311. The molecule has 5 heteroatoms. The lowest BCUT2D eigenvalue weighted by molar-refractivity contribution is -0.0334. The maximum absolute atomic E-state index is 10.5. The van der Waals surface area contributed by atoms with Crippen LogP contribution in [0.15, 0.2) is 23.1 Å². The second kappa shape index (κ2) is 23.7. The Morgan fingerprint density at radius 2 is 1.38 bits per heavy atom. The number of nitrogens with one attached hydrogen (secondary N) is 1. The van der Waals surface area contributed by atoms with E-state index in [1.54, 1.807) is 12.3 Å². The van der Waals surface area contributed by atoms with Gasteiger partial charge in [-0.25, -0.2) is 0 Å². The molecule has 0 radical (unpaired) electrons. The van der Waals surface area contributed by atoms with Crippen molar-refractivity contribution in [1.82, 2.24) is 4.98 Å². The number of H-pyrrole nitrogens is 1. The Kier molecular flexibility index (Phi) is 27.9. The molecule has 1 fully saturated rings. The maximum atomic E-state index is 10.5. The van der Waals surface area contributed by atoms with Gasteiger partial charge in [-0.2, -0.15) is 0 Å². The summed E-state index contributed by atoms with van der Waals surface area (Å²) in [5.74, 6) is 0.582. The zero-order valence-electron chi connectivity index (χ0n) is 14.7. The van der Waals surface area contributed by atoms with Gasteiger partial charge in [0.1, 0.15) is 5.75 Å². The topological polar surface area (TPSA) is 60.6 Å². The smallest absolute Gasteiger partial charge is 0.251 e. The van der Waals surface area contributed by atoms with Crippen molar-refractivity contribution in [2.75, 3.05) is 33.5 Å². The van der Waals surface area contributed by atoms with E-state index < -0.39 is 0 Å². The SMILES string of the molecule is C1COCCO1.CC.CC.CC.COc1cc[nH]c(=O)c1. The molecule has 0 saturated carbocycles. The van der Waals surface area contributed by atoms with Crippen LogP contribution in [0, 0.1) is 0 Å². The molecule has 1 aromatic heterocycles. The lowest BCUT2D eigenvalue weighted by Gasteiger charge is -2.09. The van der Waals surface area contributed by atoms with Crippen LogP contribution in [0.25, 0.3) is 0 Å². The molecule has 1 N–H and O–H groups in total. The van der Waals surface area contributed by atoms with Gasteiger partial charge in [0.05, 0.1) is 33.5 Å². The summed E-state index contributed by atoms with van der Waals surface area (Å²) >= 11 is 0. The fraction of sp³-hybridized carbons (Fsp3) is 0.688. The Labute approximate surface area is 129 Å². The maximum Gasteiger partial charge on any atom is 0.251 e. The second-order valence-corrected chi connectivity index (χ2v) is 2.82. The van der Waals surface area contributed by atoms with Crippen molar-refractivity contribution in [3.8, 4) is 5.75 Å². The molecule has 0 aliphatic carbocycles. The zero-order chi connectivity index (χ0) is 16.9. The molecule has 1 aliphatic heterocycles. The van der Waals surface area contributed by atoms with Crippen LogP contribution in [-0.4, -0.2) is 38.5 Å². The van der Waals surface area contributed by atoms with Gasteiger partial charge >= 0.3 is 0 Å². The average Bonchev–Trinajstić information content (AvgIpc) is 2.62. The van der Waals surface area contributed by atoms with Gasteiger partial charge in [0.15, 0.2) is 0 Å². The van der Waals surface area contributed by atoms with Crippen molar-refractivity contribution >= 4 is 0 Å². The van der Waals surface area contributed by atoms with Crippen molar-refractivity contribution in [3.63, 3.8) is 0 Å². The van der Waals surface area contributed by atoms with Crippen molar-refractivity contribution in [2.45, 2.75) is 41.5 Å². The number of rotatable bonds is 1. The Morgan fingerprint density at radius 1 is 0.952 bits per heavy atom. The Morgan fingerprint density at radius 3 is 1.62 bits per heavy atom. The van der Waals surface area contributed by atoms with Crippen LogP contribution in [0.2, 0.25) is 0 Å². The number of aromatic amines is 1. The third-order valence-electron chi connectivity index (χ3n) is 1.73. The summed E-state index contributed by atoms with van der Waals surface area (Å²) in [5, 5.41) is 0. The minimum atomic E-state index is -0.144. The molecule has 2 heterocycles. The molecule has 21 heavy (non-hydrogen) atoms. The summed E-state index contributed by atoms with van der Waals surface area (Å²) in [4.78, 5) is 13.0. The van der Waals surface area contributed by atoms with E-state index in [0.717, 1.165) is 26.4 Å². The Hall–Kier alpha value is -1.33. The number of hydrogen-bond donors (Lipinski definition) is 1. The molecule has 0 spiro atoms. The standard InChI is InChI=1S/C6H7NO2.C4H8O2.3C2H6/c1-9-5-2-3-7-6(8)4-5;1-2-6-4-3-5-1;3*1-2/h2-4H,1H3,(H,7,8);1-4H2;3*1-2H3. The first-order chi connectivity index (χ1) is 10.3. The highest BCUT2D eigenvalue weighted by Gasteiger charge is 1.94. The molecule has 2 rings (SSSR count). The molecular formula is C16H33NO4. The Balaban J connectivity index is -0.000000235. The highest BCUT2D eigenvalue weighted by Crippen LogP contribution is 2.00. The van der Waals surface area contributed by atoms with E-state index in [2.05, 4.69) is 4.98 Å². The summed E-state index contributed by atoms with van der Waals surface area (Å²) < 4.78 is 14.7. The van der Waals surface area contributed by atoms with Crippen molar-refractivity contribution in [1.29, 1.82) is 0 Å². The molecule has 1 aromatic rings. The normalized spacial score (nSPS) is 11.6. The van der Waals surface area contributed by atoms with E-state index >= 15 is 0 Å². The lowest BCUT2D eigenvalue weighted by atomic mass is 10.4. The third kappa shape index (κ3) is 18.7. The van der Waals surface area contributed by atoms with Crippen molar-refractivity contribution in [2.24, 2.45) is 0 Å². The first-order valence-electron chi connectivity index (χ1n) is 7.71. The highest BCUT2D eigenvalue weighted by atomic mass is 16.6. The molecular weight excluding hydrogens is 270 g/mol. The van der Waals surface area contributed by atoms with E-state index in [4.69, 9.17) is 14.2 Å². The van der Waals surface area contributed by atoms with E-state index in [1.165, 1.54) is 13.2 Å². The van der Waals surface area contributed by atoms with Crippen molar-refractivity contribution < 1.29 is 14.2 Å². The molecule has 1 saturated heterocycles. The number of methoxy groups -OCH3 is 1. The first kappa shape index (κ1) is 24.7. The van der Waals surface area contributed by atoms with Gasteiger partial charge in [0.2, 0.25) is 0 Å². The van der Waals surface area contributed by atoms with Gasteiger partial charge in [-0.3, -0.25) is 4.79 Å². The third-order valence-corrected chi connectivity index (χ3v) is 1.73. The molecule has 126 valence electrons. The fourth-order valence-electron chi connectivity index (χ4n) is 0.992. The van der Waals surface area contributed by atoms with Crippen LogP contribution in [0.4, 0.5) is 0 Å². The van der Waals surface area contributed by atoms with Crippen molar-refractivity contribution in [3.05, 3.63) is 28.7 Å². The predicted octanol–water partition coefficient (Wildman–Crippen LogP) is 3.50. The molecule has 0 aromatic carbocycles. The number of pyridine rings is 1. The van der Waals surface area contributed by atoms with E-state index in [0.29, 0.717) is 5.75 Å².